The molecule has 1 rings (SSSR count). The van der Waals surface area contributed by atoms with Gasteiger partial charge in [-0.05, 0) is 31.0 Å². The largest absolute Gasteiger partial charge is 0.493 e. The van der Waals surface area contributed by atoms with Crippen molar-refractivity contribution in [3.63, 3.8) is 0 Å². The second-order valence-electron chi connectivity index (χ2n) is 4.64. The van der Waals surface area contributed by atoms with Crippen LogP contribution in [0.5, 0.6) is 11.5 Å². The molecule has 6 heteroatoms. The van der Waals surface area contributed by atoms with Crippen molar-refractivity contribution in [1.82, 2.24) is 0 Å². The van der Waals surface area contributed by atoms with Gasteiger partial charge in [0, 0.05) is 11.8 Å². The van der Waals surface area contributed by atoms with Crippen LogP contribution in [0.25, 0.3) is 0 Å². The maximum atomic E-state index is 11.4. The standard InChI is InChI=1S/C14H23NO4S/c1-4-20(16,17)9-5-8-19-13-7-6-12(11(2)15)10-14(13)18-3/h6-7,10-11H,4-5,8-9,15H2,1-3H3/t11-/m0/s1. The molecule has 0 saturated heterocycles. The van der Waals surface area contributed by atoms with E-state index in [9.17, 15) is 8.42 Å². The van der Waals surface area contributed by atoms with Gasteiger partial charge in [-0.25, -0.2) is 8.42 Å². The molecule has 5 nitrogen and oxygen atoms in total. The summed E-state index contributed by atoms with van der Waals surface area (Å²) in [6.07, 6.45) is 0.467. The Balaban J connectivity index is 2.60. The number of rotatable bonds is 8. The van der Waals surface area contributed by atoms with Crippen molar-refractivity contribution in [1.29, 1.82) is 0 Å². The van der Waals surface area contributed by atoms with E-state index in [2.05, 4.69) is 0 Å². The Labute approximate surface area is 121 Å². The first-order valence-corrected chi connectivity index (χ1v) is 8.48. The summed E-state index contributed by atoms with van der Waals surface area (Å²) in [5.41, 5.74) is 6.77. The van der Waals surface area contributed by atoms with Gasteiger partial charge in [0.05, 0.1) is 19.5 Å². The van der Waals surface area contributed by atoms with Gasteiger partial charge >= 0.3 is 0 Å². The number of nitrogens with two attached hydrogens (primary N) is 1. The first kappa shape index (κ1) is 16.8. The van der Waals surface area contributed by atoms with E-state index in [1.807, 2.05) is 19.1 Å². The Morgan fingerprint density at radius 1 is 1.30 bits per heavy atom. The normalized spacial score (nSPS) is 13.0. The van der Waals surface area contributed by atoms with Gasteiger partial charge in [-0.2, -0.15) is 0 Å². The highest BCUT2D eigenvalue weighted by molar-refractivity contribution is 7.91. The van der Waals surface area contributed by atoms with Crippen molar-refractivity contribution >= 4 is 9.84 Å². The summed E-state index contributed by atoms with van der Waals surface area (Å²) in [5, 5.41) is 0. The average Bonchev–Trinajstić information content (AvgIpc) is 2.43. The highest BCUT2D eigenvalue weighted by Gasteiger charge is 2.10. The Bertz CT molecular complexity index is 526. The summed E-state index contributed by atoms with van der Waals surface area (Å²) in [4.78, 5) is 0. The molecule has 0 bridgehead atoms. The van der Waals surface area contributed by atoms with Crippen LogP contribution >= 0.6 is 0 Å². The first-order valence-electron chi connectivity index (χ1n) is 6.66. The SMILES string of the molecule is CCS(=O)(=O)CCCOc1ccc([C@H](C)N)cc1OC. The fourth-order valence-corrected chi connectivity index (χ4v) is 2.54. The minimum atomic E-state index is -2.94. The quantitative estimate of drug-likeness (QED) is 0.742. The zero-order chi connectivity index (χ0) is 15.2. The van der Waals surface area contributed by atoms with E-state index >= 15 is 0 Å². The van der Waals surface area contributed by atoms with Crippen LogP contribution < -0.4 is 15.2 Å². The Kier molecular flexibility index (Phi) is 6.29. The Morgan fingerprint density at radius 2 is 2.00 bits per heavy atom. The monoisotopic (exact) mass is 301 g/mol. The third kappa shape index (κ3) is 5.02. The predicted molar refractivity (Wildman–Crippen MR) is 80.0 cm³/mol. The van der Waals surface area contributed by atoms with Crippen LogP contribution in [0.4, 0.5) is 0 Å². The Hall–Kier alpha value is -1.27. The van der Waals surface area contributed by atoms with Gasteiger partial charge in [-0.1, -0.05) is 13.0 Å². The van der Waals surface area contributed by atoms with E-state index in [1.165, 1.54) is 0 Å². The number of hydrogen-bond donors (Lipinski definition) is 1. The molecule has 0 aliphatic carbocycles. The molecule has 20 heavy (non-hydrogen) atoms. The number of hydrogen-bond acceptors (Lipinski definition) is 5. The molecule has 2 N–H and O–H groups in total. The topological polar surface area (TPSA) is 78.6 Å². The summed E-state index contributed by atoms with van der Waals surface area (Å²) in [5.74, 6) is 1.52. The smallest absolute Gasteiger partial charge is 0.161 e. The second kappa shape index (κ2) is 7.50. The van der Waals surface area contributed by atoms with Crippen LogP contribution in [0, 0.1) is 0 Å². The van der Waals surface area contributed by atoms with E-state index in [4.69, 9.17) is 15.2 Å². The zero-order valence-corrected chi connectivity index (χ0v) is 13.1. The molecule has 0 amide bonds. The van der Waals surface area contributed by atoms with E-state index in [-0.39, 0.29) is 17.5 Å². The van der Waals surface area contributed by atoms with E-state index < -0.39 is 9.84 Å². The van der Waals surface area contributed by atoms with Crippen LogP contribution in [0.15, 0.2) is 18.2 Å². The van der Waals surface area contributed by atoms with Crippen molar-refractivity contribution in [2.45, 2.75) is 26.3 Å². The molecular formula is C14H23NO4S. The minimum absolute atomic E-state index is 0.0763. The summed E-state index contributed by atoms with van der Waals surface area (Å²) < 4.78 is 33.5. The summed E-state index contributed by atoms with van der Waals surface area (Å²) in [6.45, 7) is 3.88. The predicted octanol–water partition coefficient (Wildman–Crippen LogP) is 1.92. The minimum Gasteiger partial charge on any atom is -0.493 e. The number of benzene rings is 1. The number of methoxy groups -OCH3 is 1. The van der Waals surface area contributed by atoms with Crippen molar-refractivity contribution < 1.29 is 17.9 Å². The number of sulfone groups is 1. The highest BCUT2D eigenvalue weighted by Crippen LogP contribution is 2.29. The highest BCUT2D eigenvalue weighted by atomic mass is 32.2. The molecule has 1 aromatic rings. The summed E-state index contributed by atoms with van der Waals surface area (Å²) >= 11 is 0. The van der Waals surface area contributed by atoms with E-state index in [1.54, 1.807) is 20.1 Å². The van der Waals surface area contributed by atoms with Gasteiger partial charge in [0.15, 0.2) is 11.5 Å². The molecule has 0 fully saturated rings. The fraction of sp³-hybridized carbons (Fsp3) is 0.571. The van der Waals surface area contributed by atoms with Gasteiger partial charge in [0.1, 0.15) is 9.84 Å². The second-order valence-corrected chi connectivity index (χ2v) is 7.11. The van der Waals surface area contributed by atoms with E-state index in [0.29, 0.717) is 24.5 Å². The summed E-state index contributed by atoms with van der Waals surface area (Å²) in [6, 6.07) is 5.44. The van der Waals surface area contributed by atoms with Gasteiger partial charge < -0.3 is 15.2 Å². The molecule has 0 saturated carbocycles. The summed E-state index contributed by atoms with van der Waals surface area (Å²) in [7, 11) is -1.37. The molecule has 0 radical (unpaired) electrons. The van der Waals surface area contributed by atoms with Crippen molar-refractivity contribution in [3.8, 4) is 11.5 Å². The van der Waals surface area contributed by atoms with Crippen LogP contribution in [0.3, 0.4) is 0 Å². The lowest BCUT2D eigenvalue weighted by Crippen LogP contribution is -2.12. The molecule has 0 aliphatic rings. The van der Waals surface area contributed by atoms with Gasteiger partial charge in [0.2, 0.25) is 0 Å². The van der Waals surface area contributed by atoms with Gasteiger partial charge in [-0.3, -0.25) is 0 Å². The van der Waals surface area contributed by atoms with Crippen molar-refractivity contribution in [3.05, 3.63) is 23.8 Å². The molecule has 114 valence electrons. The lowest BCUT2D eigenvalue weighted by Gasteiger charge is -2.13. The van der Waals surface area contributed by atoms with E-state index in [0.717, 1.165) is 5.56 Å². The molecule has 0 aromatic heterocycles. The van der Waals surface area contributed by atoms with Crippen LogP contribution in [0.2, 0.25) is 0 Å². The molecule has 0 unspecified atom stereocenters. The Morgan fingerprint density at radius 3 is 2.55 bits per heavy atom. The van der Waals surface area contributed by atoms with Crippen LogP contribution in [-0.4, -0.2) is 33.6 Å². The maximum absolute atomic E-state index is 11.4. The maximum Gasteiger partial charge on any atom is 0.161 e. The fourth-order valence-electron chi connectivity index (χ4n) is 1.69. The first-order chi connectivity index (χ1) is 9.39. The zero-order valence-electron chi connectivity index (χ0n) is 12.3. The van der Waals surface area contributed by atoms with Gasteiger partial charge in [0.25, 0.3) is 0 Å². The van der Waals surface area contributed by atoms with Crippen molar-refractivity contribution in [2.24, 2.45) is 5.73 Å². The molecule has 0 heterocycles. The molecule has 1 aromatic carbocycles. The van der Waals surface area contributed by atoms with Crippen molar-refractivity contribution in [2.75, 3.05) is 25.2 Å². The molecule has 0 aliphatic heterocycles. The molecular weight excluding hydrogens is 278 g/mol. The number of ether oxygens (including phenoxy) is 2. The molecule has 0 spiro atoms. The van der Waals surface area contributed by atoms with Crippen LogP contribution in [-0.2, 0) is 9.84 Å². The average molecular weight is 301 g/mol. The lowest BCUT2D eigenvalue weighted by molar-refractivity contribution is 0.294. The van der Waals surface area contributed by atoms with Gasteiger partial charge in [-0.15, -0.1) is 0 Å². The molecule has 1 atom stereocenters. The third-order valence-electron chi connectivity index (χ3n) is 3.01. The van der Waals surface area contributed by atoms with Crippen LogP contribution in [0.1, 0.15) is 31.9 Å². The lowest BCUT2D eigenvalue weighted by atomic mass is 10.1. The third-order valence-corrected chi connectivity index (χ3v) is 4.80.